The molecule has 3 N–H and O–H groups in total. The molecule has 0 fully saturated rings. The molecule has 3 aromatic rings. The van der Waals surface area contributed by atoms with Crippen LogP contribution < -0.4 is 15.6 Å². The van der Waals surface area contributed by atoms with Crippen molar-refractivity contribution in [2.24, 2.45) is 0 Å². The van der Waals surface area contributed by atoms with Crippen LogP contribution in [-0.4, -0.2) is 28.6 Å². The molecule has 0 unspecified atom stereocenters. The Hall–Kier alpha value is -3.86. The summed E-state index contributed by atoms with van der Waals surface area (Å²) in [4.78, 5) is 23.9. The number of fused-ring (bicyclic) bond motifs is 1. The zero-order valence-electron chi connectivity index (χ0n) is 12.9. The van der Waals surface area contributed by atoms with Crippen molar-refractivity contribution in [2.75, 3.05) is 6.61 Å². The fraction of sp³-hybridized carbons (Fsp3) is 0.0588. The summed E-state index contributed by atoms with van der Waals surface area (Å²) >= 11 is 0. The van der Waals surface area contributed by atoms with Crippen molar-refractivity contribution in [1.29, 1.82) is 5.26 Å². The molecule has 0 radical (unpaired) electrons. The first-order valence-electron chi connectivity index (χ1n) is 7.33. The highest BCUT2D eigenvalue weighted by atomic mass is 16.5. The third-order valence-electron chi connectivity index (χ3n) is 3.37. The Morgan fingerprint density at radius 3 is 2.72 bits per heavy atom. The number of aromatic amines is 1. The van der Waals surface area contributed by atoms with Crippen LogP contribution in [0.4, 0.5) is 0 Å². The van der Waals surface area contributed by atoms with Crippen LogP contribution in [0.25, 0.3) is 10.9 Å². The maximum Gasteiger partial charge on any atom is 0.290 e. The Labute approximate surface area is 142 Å². The van der Waals surface area contributed by atoms with E-state index in [0.717, 1.165) is 5.52 Å². The number of ether oxygens (including phenoxy) is 1. The molecule has 25 heavy (non-hydrogen) atoms. The van der Waals surface area contributed by atoms with Gasteiger partial charge in [-0.1, -0.05) is 30.3 Å². The summed E-state index contributed by atoms with van der Waals surface area (Å²) in [5.74, 6) is -0.825. The minimum atomic E-state index is -0.569. The Kier molecular flexibility index (Phi) is 4.58. The van der Waals surface area contributed by atoms with Gasteiger partial charge < -0.3 is 4.74 Å². The monoisotopic (exact) mass is 335 g/mol. The molecule has 2 aromatic carbocycles. The van der Waals surface area contributed by atoms with Gasteiger partial charge in [-0.05, 0) is 18.2 Å². The molecule has 124 valence electrons. The van der Waals surface area contributed by atoms with Gasteiger partial charge in [-0.2, -0.15) is 10.4 Å². The van der Waals surface area contributed by atoms with Gasteiger partial charge >= 0.3 is 0 Å². The molecule has 1 heterocycles. The second-order valence-corrected chi connectivity index (χ2v) is 5.02. The van der Waals surface area contributed by atoms with E-state index in [1.54, 1.807) is 42.5 Å². The first kappa shape index (κ1) is 16.0. The van der Waals surface area contributed by atoms with E-state index in [0.29, 0.717) is 16.7 Å². The zero-order valence-corrected chi connectivity index (χ0v) is 12.9. The summed E-state index contributed by atoms with van der Waals surface area (Å²) in [5.41, 5.74) is 5.73. The van der Waals surface area contributed by atoms with Gasteiger partial charge in [0.15, 0.2) is 12.3 Å². The lowest BCUT2D eigenvalue weighted by molar-refractivity contribution is -0.123. The summed E-state index contributed by atoms with van der Waals surface area (Å²) < 4.78 is 5.28. The largest absolute Gasteiger partial charge is 0.482 e. The Morgan fingerprint density at radius 2 is 1.88 bits per heavy atom. The number of nitrogens with one attached hydrogen (secondary N) is 3. The van der Waals surface area contributed by atoms with E-state index >= 15 is 0 Å². The van der Waals surface area contributed by atoms with E-state index in [-0.39, 0.29) is 12.3 Å². The van der Waals surface area contributed by atoms with E-state index in [1.165, 1.54) is 0 Å². The highest BCUT2D eigenvalue weighted by Crippen LogP contribution is 2.16. The first-order valence-corrected chi connectivity index (χ1v) is 7.33. The van der Waals surface area contributed by atoms with Gasteiger partial charge in [-0.15, -0.1) is 0 Å². The molecule has 1 aromatic heterocycles. The second-order valence-electron chi connectivity index (χ2n) is 5.02. The number of H-pyrrole nitrogens is 1. The zero-order chi connectivity index (χ0) is 17.6. The Bertz CT molecular complexity index is 974. The average molecular weight is 335 g/mol. The quantitative estimate of drug-likeness (QED) is 0.620. The van der Waals surface area contributed by atoms with Gasteiger partial charge in [0.25, 0.3) is 11.8 Å². The summed E-state index contributed by atoms with van der Waals surface area (Å²) in [6.45, 7) is -0.347. The normalized spacial score (nSPS) is 10.0. The number of hydrazine groups is 1. The number of carbonyl (C=O) groups excluding carboxylic acids is 2. The lowest BCUT2D eigenvalue weighted by Crippen LogP contribution is -2.44. The van der Waals surface area contributed by atoms with Crippen molar-refractivity contribution >= 4 is 22.7 Å². The van der Waals surface area contributed by atoms with Crippen LogP contribution in [-0.2, 0) is 4.79 Å². The number of nitriles is 1. The molecule has 8 heteroatoms. The minimum absolute atomic E-state index is 0.173. The number of para-hydroxylation sites is 2. The summed E-state index contributed by atoms with van der Waals surface area (Å²) in [7, 11) is 0. The Morgan fingerprint density at radius 1 is 1.12 bits per heavy atom. The van der Waals surface area contributed by atoms with Crippen LogP contribution in [0.3, 0.4) is 0 Å². The van der Waals surface area contributed by atoms with Crippen LogP contribution in [0.5, 0.6) is 5.75 Å². The number of amides is 2. The molecular formula is C17H13N5O3. The standard InChI is InChI=1S/C17H13N5O3/c18-9-11-5-1-4-8-14(11)25-10-15(23)20-22-17(24)16-12-6-2-3-7-13(12)19-21-16/h1-8H,10H2,(H,19,21)(H,20,23)(H,22,24). The molecule has 0 bridgehead atoms. The molecule has 0 saturated heterocycles. The fourth-order valence-corrected chi connectivity index (χ4v) is 2.19. The topological polar surface area (TPSA) is 120 Å². The van der Waals surface area contributed by atoms with Crippen molar-refractivity contribution < 1.29 is 14.3 Å². The second kappa shape index (κ2) is 7.14. The van der Waals surface area contributed by atoms with E-state index in [2.05, 4.69) is 21.0 Å². The highest BCUT2D eigenvalue weighted by molar-refractivity contribution is 6.05. The summed E-state index contributed by atoms with van der Waals surface area (Å²) in [5, 5.41) is 16.3. The third kappa shape index (κ3) is 3.56. The maximum atomic E-state index is 12.1. The highest BCUT2D eigenvalue weighted by Gasteiger charge is 2.14. The van der Waals surface area contributed by atoms with Gasteiger partial charge in [0, 0.05) is 5.39 Å². The number of aromatic nitrogens is 2. The summed E-state index contributed by atoms with van der Waals surface area (Å²) in [6.07, 6.45) is 0. The number of benzene rings is 2. The van der Waals surface area contributed by atoms with Gasteiger partial charge in [-0.25, -0.2) is 0 Å². The molecule has 3 rings (SSSR count). The SMILES string of the molecule is N#Cc1ccccc1OCC(=O)NNC(=O)c1n[nH]c2ccccc12. The molecule has 0 aliphatic carbocycles. The number of rotatable bonds is 4. The lowest BCUT2D eigenvalue weighted by atomic mass is 10.2. The van der Waals surface area contributed by atoms with E-state index in [9.17, 15) is 9.59 Å². The molecule has 8 nitrogen and oxygen atoms in total. The maximum absolute atomic E-state index is 12.1. The van der Waals surface area contributed by atoms with Crippen LogP contribution in [0, 0.1) is 11.3 Å². The Balaban J connectivity index is 1.55. The summed E-state index contributed by atoms with van der Waals surface area (Å²) in [6, 6.07) is 15.7. The molecular weight excluding hydrogens is 322 g/mol. The number of nitrogens with zero attached hydrogens (tertiary/aromatic N) is 2. The van der Waals surface area contributed by atoms with Gasteiger partial charge in [0.2, 0.25) is 0 Å². The predicted octanol–water partition coefficient (Wildman–Crippen LogP) is 1.27. The number of carbonyl (C=O) groups is 2. The van der Waals surface area contributed by atoms with Crippen LogP contribution in [0.1, 0.15) is 16.1 Å². The van der Waals surface area contributed by atoms with Crippen molar-refractivity contribution in [3.63, 3.8) is 0 Å². The van der Waals surface area contributed by atoms with Crippen molar-refractivity contribution in [2.45, 2.75) is 0 Å². The molecule has 0 saturated carbocycles. The molecule has 0 aliphatic rings. The van der Waals surface area contributed by atoms with Crippen molar-refractivity contribution in [1.82, 2.24) is 21.0 Å². The molecule has 0 spiro atoms. The first-order chi connectivity index (χ1) is 12.2. The molecule has 0 aliphatic heterocycles. The van der Waals surface area contributed by atoms with Crippen molar-refractivity contribution in [3.05, 3.63) is 59.8 Å². The van der Waals surface area contributed by atoms with E-state index < -0.39 is 11.8 Å². The number of hydrogen-bond donors (Lipinski definition) is 3. The fourth-order valence-electron chi connectivity index (χ4n) is 2.19. The van der Waals surface area contributed by atoms with Gasteiger partial charge in [-0.3, -0.25) is 25.5 Å². The van der Waals surface area contributed by atoms with Crippen LogP contribution >= 0.6 is 0 Å². The number of hydrogen-bond acceptors (Lipinski definition) is 5. The van der Waals surface area contributed by atoms with Crippen LogP contribution in [0.15, 0.2) is 48.5 Å². The minimum Gasteiger partial charge on any atom is -0.482 e. The van der Waals surface area contributed by atoms with Gasteiger partial charge in [0.1, 0.15) is 11.8 Å². The van der Waals surface area contributed by atoms with Gasteiger partial charge in [0.05, 0.1) is 11.1 Å². The van der Waals surface area contributed by atoms with E-state index in [1.807, 2.05) is 12.1 Å². The average Bonchev–Trinajstić information content (AvgIpc) is 3.09. The van der Waals surface area contributed by atoms with Crippen LogP contribution in [0.2, 0.25) is 0 Å². The predicted molar refractivity (Wildman–Crippen MR) is 88.4 cm³/mol. The third-order valence-corrected chi connectivity index (χ3v) is 3.37. The lowest BCUT2D eigenvalue weighted by Gasteiger charge is -2.09. The van der Waals surface area contributed by atoms with E-state index in [4.69, 9.17) is 10.00 Å². The van der Waals surface area contributed by atoms with Crippen molar-refractivity contribution in [3.8, 4) is 11.8 Å². The smallest absolute Gasteiger partial charge is 0.290 e. The molecule has 2 amide bonds. The molecule has 0 atom stereocenters.